The van der Waals surface area contributed by atoms with Crippen molar-refractivity contribution in [2.45, 2.75) is 0 Å². The summed E-state index contributed by atoms with van der Waals surface area (Å²) in [5.74, 6) is 0. The first-order valence-electron chi connectivity index (χ1n) is 3.51. The standard InChI is InChI=1S/C4H11NO4.H4O4Si/c6-1-3-8-5-9-4-2-7;1-5(2,3)4/h5-7H,1-4H2;1-4H. The van der Waals surface area contributed by atoms with E-state index in [-0.39, 0.29) is 26.4 Å². The molecule has 88 valence electrons. The predicted molar refractivity (Wildman–Crippen MR) is 43.8 cm³/mol. The largest absolute Gasteiger partial charge is 0.668 e. The summed E-state index contributed by atoms with van der Waals surface area (Å²) in [6.07, 6.45) is 0. The third-order valence-electron chi connectivity index (χ3n) is 0.505. The molecule has 0 aliphatic rings. The van der Waals surface area contributed by atoms with Gasteiger partial charge in [0.1, 0.15) is 0 Å². The van der Waals surface area contributed by atoms with Crippen molar-refractivity contribution in [2.24, 2.45) is 0 Å². The zero-order valence-corrected chi connectivity index (χ0v) is 8.33. The van der Waals surface area contributed by atoms with Crippen LogP contribution in [0.2, 0.25) is 0 Å². The maximum absolute atomic E-state index is 8.15. The van der Waals surface area contributed by atoms with Gasteiger partial charge in [-0.1, -0.05) is 5.64 Å². The number of aliphatic hydroxyl groups excluding tert-OH is 2. The second-order valence-electron chi connectivity index (χ2n) is 1.83. The Bertz CT molecular complexity index is 96.0. The molecular weight excluding hydrogens is 218 g/mol. The van der Waals surface area contributed by atoms with Crippen molar-refractivity contribution in [2.75, 3.05) is 26.4 Å². The van der Waals surface area contributed by atoms with E-state index in [0.717, 1.165) is 0 Å². The molecule has 0 atom stereocenters. The maximum atomic E-state index is 8.15. The van der Waals surface area contributed by atoms with Gasteiger partial charge < -0.3 is 29.4 Å². The van der Waals surface area contributed by atoms with Crippen LogP contribution in [0.25, 0.3) is 0 Å². The van der Waals surface area contributed by atoms with E-state index in [4.69, 9.17) is 29.4 Å². The third kappa shape index (κ3) is 40.7. The second-order valence-corrected chi connectivity index (χ2v) is 3.03. The molecule has 0 saturated carbocycles. The lowest BCUT2D eigenvalue weighted by atomic mass is 10.8. The van der Waals surface area contributed by atoms with E-state index in [1.807, 2.05) is 0 Å². The summed E-state index contributed by atoms with van der Waals surface area (Å²) in [7, 11) is -4.61. The van der Waals surface area contributed by atoms with Gasteiger partial charge in [0.15, 0.2) is 0 Å². The van der Waals surface area contributed by atoms with E-state index >= 15 is 0 Å². The summed E-state index contributed by atoms with van der Waals surface area (Å²) in [5.41, 5.74) is 2.07. The Labute approximate surface area is 81.2 Å². The van der Waals surface area contributed by atoms with Crippen LogP contribution in [0.4, 0.5) is 0 Å². The van der Waals surface area contributed by atoms with Gasteiger partial charge in [-0.05, 0) is 0 Å². The molecule has 0 spiro atoms. The van der Waals surface area contributed by atoms with Crippen molar-refractivity contribution in [1.29, 1.82) is 0 Å². The first kappa shape index (κ1) is 16.3. The smallest absolute Gasteiger partial charge is 0.394 e. The molecule has 14 heavy (non-hydrogen) atoms. The average Bonchev–Trinajstić information content (AvgIpc) is 2.01. The van der Waals surface area contributed by atoms with Crippen LogP contribution in [-0.2, 0) is 9.68 Å². The summed E-state index contributed by atoms with van der Waals surface area (Å²) < 4.78 is 0. The lowest BCUT2D eigenvalue weighted by Gasteiger charge is -2.01. The van der Waals surface area contributed by atoms with Crippen LogP contribution in [0.15, 0.2) is 0 Å². The number of aliphatic hydroxyl groups is 2. The minimum Gasteiger partial charge on any atom is -0.394 e. The van der Waals surface area contributed by atoms with Crippen molar-refractivity contribution >= 4 is 9.05 Å². The second kappa shape index (κ2) is 10.9. The van der Waals surface area contributed by atoms with Crippen molar-refractivity contribution < 1.29 is 39.1 Å². The van der Waals surface area contributed by atoms with Crippen LogP contribution in [0.5, 0.6) is 0 Å². The molecule has 0 fully saturated rings. The SMILES string of the molecule is OCCONOCCO.O[Si](O)(O)O. The van der Waals surface area contributed by atoms with E-state index in [9.17, 15) is 0 Å². The van der Waals surface area contributed by atoms with Crippen molar-refractivity contribution in [1.82, 2.24) is 5.64 Å². The zero-order valence-electron chi connectivity index (χ0n) is 7.33. The Morgan fingerprint density at radius 3 is 1.36 bits per heavy atom. The van der Waals surface area contributed by atoms with E-state index < -0.39 is 9.05 Å². The van der Waals surface area contributed by atoms with E-state index in [2.05, 4.69) is 15.3 Å². The normalized spacial score (nSPS) is 10.7. The van der Waals surface area contributed by atoms with Gasteiger partial charge in [0, 0.05) is 0 Å². The summed E-state index contributed by atoms with van der Waals surface area (Å²) in [6.45, 7) is 0.224. The minimum absolute atomic E-state index is 0.0600. The molecule has 0 aromatic heterocycles. The molecule has 0 rings (SSSR count). The van der Waals surface area contributed by atoms with Crippen LogP contribution < -0.4 is 5.64 Å². The molecule has 7 N–H and O–H groups in total. The van der Waals surface area contributed by atoms with Crippen LogP contribution in [-0.4, -0.2) is 64.9 Å². The monoisotopic (exact) mass is 233 g/mol. The summed E-state index contributed by atoms with van der Waals surface area (Å²) in [4.78, 5) is 38.2. The van der Waals surface area contributed by atoms with Crippen molar-refractivity contribution in [3.63, 3.8) is 0 Å². The molecule has 0 bridgehead atoms. The van der Waals surface area contributed by atoms with Crippen LogP contribution >= 0.6 is 0 Å². The van der Waals surface area contributed by atoms with E-state index in [0.29, 0.717) is 0 Å². The molecule has 0 unspecified atom stereocenters. The highest BCUT2D eigenvalue weighted by atomic mass is 28.4. The van der Waals surface area contributed by atoms with Crippen molar-refractivity contribution in [3.8, 4) is 0 Å². The molecule has 0 saturated heterocycles. The summed E-state index contributed by atoms with van der Waals surface area (Å²) >= 11 is 0. The van der Waals surface area contributed by atoms with Crippen LogP contribution in [0.3, 0.4) is 0 Å². The molecule has 0 aliphatic heterocycles. The first-order chi connectivity index (χ1) is 6.41. The zero-order chi connectivity index (χ0) is 11.4. The van der Waals surface area contributed by atoms with Gasteiger partial charge in [-0.3, -0.25) is 9.68 Å². The van der Waals surface area contributed by atoms with Gasteiger partial charge in [0.05, 0.1) is 26.4 Å². The van der Waals surface area contributed by atoms with Crippen LogP contribution in [0.1, 0.15) is 0 Å². The maximum Gasteiger partial charge on any atom is 0.668 e. The number of hydrogen-bond acceptors (Lipinski definition) is 9. The van der Waals surface area contributed by atoms with E-state index in [1.165, 1.54) is 0 Å². The Kier molecular flexibility index (Phi) is 12.7. The number of hydrogen-bond donors (Lipinski definition) is 7. The van der Waals surface area contributed by atoms with Gasteiger partial charge in [0.25, 0.3) is 0 Å². The minimum atomic E-state index is -4.61. The van der Waals surface area contributed by atoms with Gasteiger partial charge in [-0.2, -0.15) is 0 Å². The molecule has 0 amide bonds. The van der Waals surface area contributed by atoms with Crippen molar-refractivity contribution in [3.05, 3.63) is 0 Å². The summed E-state index contributed by atoms with van der Waals surface area (Å²) in [5, 5.41) is 16.3. The topological polar surface area (TPSA) is 152 Å². The Balaban J connectivity index is 0. The first-order valence-corrected chi connectivity index (χ1v) is 5.30. The average molecular weight is 233 g/mol. The van der Waals surface area contributed by atoms with Gasteiger partial charge in [-0.25, -0.2) is 0 Å². The Hall–Kier alpha value is -0.143. The molecule has 0 aromatic carbocycles. The fraction of sp³-hybridized carbons (Fsp3) is 1.00. The molecule has 0 heterocycles. The third-order valence-corrected chi connectivity index (χ3v) is 0.505. The number of rotatable bonds is 6. The van der Waals surface area contributed by atoms with Gasteiger partial charge in [-0.15, -0.1) is 0 Å². The molecule has 0 radical (unpaired) electrons. The predicted octanol–water partition coefficient (Wildman–Crippen LogP) is -4.18. The number of nitrogens with one attached hydrogen (secondary N) is 1. The molecule has 0 aromatic rings. The lowest BCUT2D eigenvalue weighted by molar-refractivity contribution is -0.178. The van der Waals surface area contributed by atoms with Crippen LogP contribution in [0, 0.1) is 0 Å². The molecule has 10 heteroatoms. The molecule has 0 aliphatic carbocycles. The fourth-order valence-corrected chi connectivity index (χ4v) is 0.216. The highest BCUT2D eigenvalue weighted by Crippen LogP contribution is 1.67. The lowest BCUT2D eigenvalue weighted by Crippen LogP contribution is -2.33. The Morgan fingerprint density at radius 2 is 1.14 bits per heavy atom. The fourth-order valence-electron chi connectivity index (χ4n) is 0.216. The van der Waals surface area contributed by atoms with Gasteiger partial charge >= 0.3 is 9.05 Å². The molecule has 9 nitrogen and oxygen atoms in total. The van der Waals surface area contributed by atoms with E-state index in [1.54, 1.807) is 0 Å². The summed E-state index contributed by atoms with van der Waals surface area (Å²) in [6, 6.07) is 0. The quantitative estimate of drug-likeness (QED) is 0.137. The highest BCUT2D eigenvalue weighted by Gasteiger charge is 2.22. The van der Waals surface area contributed by atoms with Gasteiger partial charge in [0.2, 0.25) is 0 Å². The Morgan fingerprint density at radius 1 is 0.857 bits per heavy atom. The molecular formula is C4H15NO8Si. The highest BCUT2D eigenvalue weighted by molar-refractivity contribution is 6.46.